The molecule has 0 radical (unpaired) electrons. The van der Waals surface area contributed by atoms with Crippen LogP contribution in [0.3, 0.4) is 0 Å². The fraction of sp³-hybridized carbons (Fsp3) is 0.429. The number of hydrogen-bond acceptors (Lipinski definition) is 2. The van der Waals surface area contributed by atoms with Crippen LogP contribution in [0.25, 0.3) is 0 Å². The second-order valence-corrected chi connectivity index (χ2v) is 5.35. The van der Waals surface area contributed by atoms with Crippen LogP contribution in [0, 0.1) is 5.82 Å². The number of piperazine rings is 1. The molecule has 1 aromatic rings. The van der Waals surface area contributed by atoms with E-state index in [2.05, 4.69) is 5.32 Å². The van der Waals surface area contributed by atoms with E-state index in [1.54, 1.807) is 32.9 Å². The average molecular weight is 264 g/mol. The number of rotatable bonds is 2. The molecule has 19 heavy (non-hydrogen) atoms. The van der Waals surface area contributed by atoms with Crippen LogP contribution in [0.2, 0.25) is 0 Å². The second-order valence-electron chi connectivity index (χ2n) is 5.35. The smallest absolute Gasteiger partial charge is 0.248 e. The zero-order valence-electron chi connectivity index (χ0n) is 11.2. The van der Waals surface area contributed by atoms with Crippen molar-refractivity contribution in [3.63, 3.8) is 0 Å². The van der Waals surface area contributed by atoms with Gasteiger partial charge in [0.15, 0.2) is 0 Å². The highest BCUT2D eigenvalue weighted by Gasteiger charge is 2.43. The van der Waals surface area contributed by atoms with Gasteiger partial charge in [-0.25, -0.2) is 4.39 Å². The first-order valence-electron chi connectivity index (χ1n) is 6.19. The van der Waals surface area contributed by atoms with E-state index in [0.717, 1.165) is 5.56 Å². The number of nitrogens with one attached hydrogen (secondary N) is 1. The fourth-order valence-corrected chi connectivity index (χ4v) is 2.14. The lowest BCUT2D eigenvalue weighted by Gasteiger charge is -2.41. The van der Waals surface area contributed by atoms with E-state index in [4.69, 9.17) is 0 Å². The van der Waals surface area contributed by atoms with Crippen LogP contribution in [0.1, 0.15) is 26.3 Å². The number of halogens is 1. The van der Waals surface area contributed by atoms with E-state index < -0.39 is 11.6 Å². The Hall–Kier alpha value is -1.91. The molecule has 0 bridgehead atoms. The summed E-state index contributed by atoms with van der Waals surface area (Å²) in [6.07, 6.45) is 0. The van der Waals surface area contributed by atoms with Crippen molar-refractivity contribution < 1.29 is 14.0 Å². The third kappa shape index (κ3) is 2.59. The van der Waals surface area contributed by atoms with Gasteiger partial charge in [0, 0.05) is 6.54 Å². The highest BCUT2D eigenvalue weighted by molar-refractivity contribution is 5.99. The molecule has 1 aliphatic heterocycles. The molecule has 1 unspecified atom stereocenters. The van der Waals surface area contributed by atoms with E-state index in [0.29, 0.717) is 6.54 Å². The van der Waals surface area contributed by atoms with Crippen LogP contribution in [0.4, 0.5) is 4.39 Å². The Morgan fingerprint density at radius 2 is 1.84 bits per heavy atom. The molecule has 0 aliphatic carbocycles. The molecule has 2 amide bonds. The lowest BCUT2D eigenvalue weighted by atomic mass is 9.97. The summed E-state index contributed by atoms with van der Waals surface area (Å²) in [7, 11) is 0. The van der Waals surface area contributed by atoms with Crippen LogP contribution in [0.15, 0.2) is 24.3 Å². The first-order chi connectivity index (χ1) is 8.81. The summed E-state index contributed by atoms with van der Waals surface area (Å²) in [6, 6.07) is 5.41. The van der Waals surface area contributed by atoms with Gasteiger partial charge in [-0.15, -0.1) is 0 Å². The molecule has 1 saturated heterocycles. The van der Waals surface area contributed by atoms with E-state index in [9.17, 15) is 14.0 Å². The van der Waals surface area contributed by atoms with Crippen LogP contribution < -0.4 is 5.32 Å². The molecule has 0 spiro atoms. The second kappa shape index (κ2) is 4.64. The Morgan fingerprint density at radius 3 is 2.42 bits per heavy atom. The summed E-state index contributed by atoms with van der Waals surface area (Å²) in [6.45, 7) is 5.34. The number of benzene rings is 1. The van der Waals surface area contributed by atoms with Crippen molar-refractivity contribution in [3.05, 3.63) is 35.6 Å². The Balaban J connectivity index is 2.23. The molecule has 102 valence electrons. The van der Waals surface area contributed by atoms with Crippen LogP contribution in [0.5, 0.6) is 0 Å². The summed E-state index contributed by atoms with van der Waals surface area (Å²) in [4.78, 5) is 25.7. The van der Waals surface area contributed by atoms with Gasteiger partial charge < -0.3 is 10.2 Å². The third-order valence-corrected chi connectivity index (χ3v) is 3.34. The molecule has 1 aromatic carbocycles. The molecule has 1 fully saturated rings. The van der Waals surface area contributed by atoms with Crippen molar-refractivity contribution in [1.82, 2.24) is 10.2 Å². The number of hydrogen-bond donors (Lipinski definition) is 1. The third-order valence-electron chi connectivity index (χ3n) is 3.34. The summed E-state index contributed by atoms with van der Waals surface area (Å²) < 4.78 is 12.9. The van der Waals surface area contributed by atoms with Crippen LogP contribution in [-0.2, 0) is 16.1 Å². The van der Waals surface area contributed by atoms with Gasteiger partial charge in [0.25, 0.3) is 0 Å². The zero-order chi connectivity index (χ0) is 14.2. The first kappa shape index (κ1) is 13.5. The van der Waals surface area contributed by atoms with Crippen molar-refractivity contribution in [2.45, 2.75) is 38.9 Å². The molecule has 2 rings (SSSR count). The SMILES string of the molecule is CC1C(=O)NC(C)(C)C(=O)N1Cc1ccc(F)cc1. The Bertz CT molecular complexity index is 511. The minimum absolute atomic E-state index is 0.135. The van der Waals surface area contributed by atoms with E-state index in [1.807, 2.05) is 0 Å². The number of amides is 2. The maximum atomic E-state index is 12.9. The quantitative estimate of drug-likeness (QED) is 0.879. The van der Waals surface area contributed by atoms with Gasteiger partial charge >= 0.3 is 0 Å². The molecule has 0 aromatic heterocycles. The number of carbonyl (C=O) groups excluding carboxylic acids is 2. The molecular formula is C14H17FN2O2. The molecule has 4 nitrogen and oxygen atoms in total. The van der Waals surface area contributed by atoms with Gasteiger partial charge in [-0.3, -0.25) is 9.59 Å². The first-order valence-corrected chi connectivity index (χ1v) is 6.19. The van der Waals surface area contributed by atoms with E-state index in [-0.39, 0.29) is 17.6 Å². The Kier molecular flexibility index (Phi) is 3.30. The molecule has 1 N–H and O–H groups in total. The van der Waals surface area contributed by atoms with Gasteiger partial charge in [0.2, 0.25) is 11.8 Å². The maximum Gasteiger partial charge on any atom is 0.248 e. The topological polar surface area (TPSA) is 49.4 Å². The van der Waals surface area contributed by atoms with E-state index in [1.165, 1.54) is 17.0 Å². The summed E-state index contributed by atoms with van der Waals surface area (Å²) >= 11 is 0. The largest absolute Gasteiger partial charge is 0.340 e. The Labute approximate surface area is 111 Å². The fourth-order valence-electron chi connectivity index (χ4n) is 2.14. The molecule has 1 atom stereocenters. The highest BCUT2D eigenvalue weighted by atomic mass is 19.1. The Morgan fingerprint density at radius 1 is 1.26 bits per heavy atom. The number of nitrogens with zero attached hydrogens (tertiary/aromatic N) is 1. The highest BCUT2D eigenvalue weighted by Crippen LogP contribution is 2.20. The number of carbonyl (C=O) groups is 2. The summed E-state index contributed by atoms with van der Waals surface area (Å²) in [5.74, 6) is -0.629. The standard InChI is InChI=1S/C14H17FN2O2/c1-9-12(18)16-14(2,3)13(19)17(9)8-10-4-6-11(15)7-5-10/h4-7,9H,8H2,1-3H3,(H,16,18). The van der Waals surface area contributed by atoms with Crippen molar-refractivity contribution >= 4 is 11.8 Å². The average Bonchev–Trinajstić information content (AvgIpc) is 2.34. The van der Waals surface area contributed by atoms with Gasteiger partial charge in [-0.05, 0) is 38.5 Å². The normalized spacial score (nSPS) is 22.3. The van der Waals surface area contributed by atoms with Gasteiger partial charge in [-0.2, -0.15) is 0 Å². The lowest BCUT2D eigenvalue weighted by Crippen LogP contribution is -2.66. The maximum absolute atomic E-state index is 12.9. The van der Waals surface area contributed by atoms with E-state index >= 15 is 0 Å². The van der Waals surface area contributed by atoms with Crippen molar-refractivity contribution in [2.24, 2.45) is 0 Å². The van der Waals surface area contributed by atoms with Crippen LogP contribution in [-0.4, -0.2) is 28.3 Å². The molecule has 1 heterocycles. The van der Waals surface area contributed by atoms with Gasteiger partial charge in [0.1, 0.15) is 17.4 Å². The lowest BCUT2D eigenvalue weighted by molar-refractivity contribution is -0.153. The monoisotopic (exact) mass is 264 g/mol. The molecule has 1 aliphatic rings. The van der Waals surface area contributed by atoms with Crippen LogP contribution >= 0.6 is 0 Å². The zero-order valence-corrected chi connectivity index (χ0v) is 11.2. The predicted molar refractivity (Wildman–Crippen MR) is 68.6 cm³/mol. The van der Waals surface area contributed by atoms with Crippen molar-refractivity contribution in [3.8, 4) is 0 Å². The molecule has 0 saturated carbocycles. The molecular weight excluding hydrogens is 247 g/mol. The minimum atomic E-state index is -0.899. The van der Waals surface area contributed by atoms with Crippen molar-refractivity contribution in [2.75, 3.05) is 0 Å². The van der Waals surface area contributed by atoms with Gasteiger partial charge in [-0.1, -0.05) is 12.1 Å². The predicted octanol–water partition coefficient (Wildman–Crippen LogP) is 1.45. The van der Waals surface area contributed by atoms with Crippen molar-refractivity contribution in [1.29, 1.82) is 0 Å². The minimum Gasteiger partial charge on any atom is -0.340 e. The summed E-state index contributed by atoms with van der Waals surface area (Å²) in [5.41, 5.74) is -0.101. The summed E-state index contributed by atoms with van der Waals surface area (Å²) in [5, 5.41) is 2.69. The molecule has 5 heteroatoms. The van der Waals surface area contributed by atoms with Gasteiger partial charge in [0.05, 0.1) is 0 Å².